The van der Waals surface area contributed by atoms with Crippen molar-refractivity contribution in [3.8, 4) is 0 Å². The maximum atomic E-state index is 12.4. The summed E-state index contributed by atoms with van der Waals surface area (Å²) < 4.78 is 1.83. The summed E-state index contributed by atoms with van der Waals surface area (Å²) in [6.07, 6.45) is 5.11. The summed E-state index contributed by atoms with van der Waals surface area (Å²) in [5, 5.41) is 0. The lowest BCUT2D eigenvalue weighted by Gasteiger charge is -2.22. The Morgan fingerprint density at radius 1 is 1.30 bits per heavy atom. The maximum absolute atomic E-state index is 12.4. The Labute approximate surface area is 115 Å². The predicted octanol–water partition coefficient (Wildman–Crippen LogP) is 1.15. The predicted molar refractivity (Wildman–Crippen MR) is 73.0 cm³/mol. The Hall–Kier alpha value is -2.63. The van der Waals surface area contributed by atoms with E-state index in [9.17, 15) is 9.59 Å². The van der Waals surface area contributed by atoms with E-state index in [4.69, 9.17) is 5.73 Å². The highest BCUT2D eigenvalue weighted by molar-refractivity contribution is 6.23. The first-order chi connectivity index (χ1) is 9.59. The van der Waals surface area contributed by atoms with Gasteiger partial charge >= 0.3 is 0 Å². The first-order valence-electron chi connectivity index (χ1n) is 6.31. The smallest absolute Gasteiger partial charge is 0.263 e. The minimum atomic E-state index is -0.323. The average molecular weight is 270 g/mol. The van der Waals surface area contributed by atoms with Crippen molar-refractivity contribution >= 4 is 17.5 Å². The summed E-state index contributed by atoms with van der Waals surface area (Å²) in [7, 11) is 0. The number of benzene rings is 1. The molecule has 0 fully saturated rings. The molecule has 0 spiro atoms. The highest BCUT2D eigenvalue weighted by atomic mass is 16.2. The van der Waals surface area contributed by atoms with Crippen LogP contribution in [0, 0.1) is 0 Å². The van der Waals surface area contributed by atoms with E-state index in [1.54, 1.807) is 36.9 Å². The number of imide groups is 1. The van der Waals surface area contributed by atoms with Crippen molar-refractivity contribution in [2.45, 2.75) is 19.5 Å². The number of amides is 2. The summed E-state index contributed by atoms with van der Waals surface area (Å²) in [5.41, 5.74) is 6.85. The minimum Gasteiger partial charge on any atom is -0.398 e. The van der Waals surface area contributed by atoms with Gasteiger partial charge in [0, 0.05) is 24.6 Å². The third-order valence-corrected chi connectivity index (χ3v) is 3.45. The van der Waals surface area contributed by atoms with E-state index < -0.39 is 0 Å². The SMILES string of the molecule is CC(Cn1ccnc1)N1C(=O)c2cccc(N)c2C1=O. The van der Waals surface area contributed by atoms with E-state index in [-0.39, 0.29) is 17.9 Å². The molecule has 0 aliphatic carbocycles. The molecule has 2 N–H and O–H groups in total. The standard InChI is InChI=1S/C14H14N4O2/c1-9(7-17-6-5-16-8-17)18-13(19)10-3-2-4-11(15)12(10)14(18)20/h2-6,8-9H,7,15H2,1H3. The quantitative estimate of drug-likeness (QED) is 0.670. The zero-order valence-electron chi connectivity index (χ0n) is 11.0. The molecule has 1 aromatic heterocycles. The molecule has 20 heavy (non-hydrogen) atoms. The van der Waals surface area contributed by atoms with Crippen LogP contribution in [0.15, 0.2) is 36.9 Å². The molecule has 1 aliphatic heterocycles. The average Bonchev–Trinajstić information content (AvgIpc) is 2.98. The second-order valence-corrected chi connectivity index (χ2v) is 4.86. The van der Waals surface area contributed by atoms with Crippen molar-refractivity contribution in [2.75, 3.05) is 5.73 Å². The van der Waals surface area contributed by atoms with Crippen molar-refractivity contribution in [1.82, 2.24) is 14.5 Å². The normalized spacial score (nSPS) is 15.6. The molecule has 2 aromatic rings. The number of hydrogen-bond acceptors (Lipinski definition) is 4. The molecule has 1 unspecified atom stereocenters. The third kappa shape index (κ3) is 1.77. The Balaban J connectivity index is 1.91. The summed E-state index contributed by atoms with van der Waals surface area (Å²) in [6, 6.07) is 4.68. The van der Waals surface area contributed by atoms with Crippen LogP contribution in [0.25, 0.3) is 0 Å². The molecule has 1 aromatic carbocycles. The number of nitrogens with zero attached hydrogens (tertiary/aromatic N) is 3. The first kappa shape index (κ1) is 12.4. The van der Waals surface area contributed by atoms with Crippen molar-refractivity contribution < 1.29 is 9.59 Å². The Morgan fingerprint density at radius 3 is 2.75 bits per heavy atom. The number of carbonyl (C=O) groups is 2. The zero-order valence-corrected chi connectivity index (χ0v) is 11.0. The molecular weight excluding hydrogens is 256 g/mol. The number of nitrogen functional groups attached to an aromatic ring is 1. The van der Waals surface area contributed by atoms with Crippen molar-refractivity contribution in [3.63, 3.8) is 0 Å². The fourth-order valence-electron chi connectivity index (χ4n) is 2.51. The molecule has 0 radical (unpaired) electrons. The van der Waals surface area contributed by atoms with E-state index in [0.29, 0.717) is 23.4 Å². The fraction of sp³-hybridized carbons (Fsp3) is 0.214. The third-order valence-electron chi connectivity index (χ3n) is 3.45. The summed E-state index contributed by atoms with van der Waals surface area (Å²) in [5.74, 6) is -0.611. The van der Waals surface area contributed by atoms with Gasteiger partial charge < -0.3 is 10.3 Å². The number of aromatic nitrogens is 2. The lowest BCUT2D eigenvalue weighted by Crippen LogP contribution is -2.40. The molecule has 0 bridgehead atoms. The lowest BCUT2D eigenvalue weighted by atomic mass is 10.1. The van der Waals surface area contributed by atoms with Gasteiger partial charge in [-0.1, -0.05) is 6.07 Å². The van der Waals surface area contributed by atoms with Crippen LogP contribution in [-0.4, -0.2) is 32.3 Å². The summed E-state index contributed by atoms with van der Waals surface area (Å²) in [6.45, 7) is 2.34. The van der Waals surface area contributed by atoms with Crippen LogP contribution in [0.1, 0.15) is 27.6 Å². The van der Waals surface area contributed by atoms with Gasteiger partial charge in [-0.25, -0.2) is 4.98 Å². The highest BCUT2D eigenvalue weighted by Gasteiger charge is 2.39. The topological polar surface area (TPSA) is 81.2 Å². The van der Waals surface area contributed by atoms with Gasteiger partial charge in [0.15, 0.2) is 0 Å². The number of rotatable bonds is 3. The molecule has 2 amide bonds. The van der Waals surface area contributed by atoms with Crippen molar-refractivity contribution in [1.29, 1.82) is 0 Å². The van der Waals surface area contributed by atoms with Crippen LogP contribution in [0.5, 0.6) is 0 Å². The molecule has 102 valence electrons. The van der Waals surface area contributed by atoms with Gasteiger partial charge in [-0.3, -0.25) is 14.5 Å². The highest BCUT2D eigenvalue weighted by Crippen LogP contribution is 2.29. The largest absolute Gasteiger partial charge is 0.398 e. The van der Waals surface area contributed by atoms with Gasteiger partial charge in [-0.2, -0.15) is 0 Å². The second-order valence-electron chi connectivity index (χ2n) is 4.86. The Morgan fingerprint density at radius 2 is 2.10 bits per heavy atom. The van der Waals surface area contributed by atoms with Gasteiger partial charge in [-0.15, -0.1) is 0 Å². The van der Waals surface area contributed by atoms with Crippen LogP contribution in [-0.2, 0) is 6.54 Å². The number of hydrogen-bond donors (Lipinski definition) is 1. The van der Waals surface area contributed by atoms with Crippen LogP contribution in [0.4, 0.5) is 5.69 Å². The summed E-state index contributed by atoms with van der Waals surface area (Å²) in [4.78, 5) is 30.0. The van der Waals surface area contributed by atoms with Gasteiger partial charge in [0.05, 0.1) is 23.5 Å². The maximum Gasteiger partial charge on any atom is 0.263 e. The molecule has 1 aliphatic rings. The molecule has 6 heteroatoms. The van der Waals surface area contributed by atoms with Gasteiger partial charge in [0.25, 0.3) is 11.8 Å². The zero-order chi connectivity index (χ0) is 14.3. The van der Waals surface area contributed by atoms with Crippen molar-refractivity contribution in [2.24, 2.45) is 0 Å². The molecule has 1 atom stereocenters. The molecular formula is C14H14N4O2. The lowest BCUT2D eigenvalue weighted by molar-refractivity contribution is 0.0584. The minimum absolute atomic E-state index is 0.268. The van der Waals surface area contributed by atoms with E-state index in [2.05, 4.69) is 4.98 Å². The number of nitrogens with two attached hydrogens (primary N) is 1. The number of anilines is 1. The number of imidazole rings is 1. The number of carbonyl (C=O) groups excluding carboxylic acids is 2. The summed E-state index contributed by atoms with van der Waals surface area (Å²) >= 11 is 0. The Bertz CT molecular complexity index is 678. The van der Waals surface area contributed by atoms with E-state index >= 15 is 0 Å². The molecule has 0 saturated carbocycles. The van der Waals surface area contributed by atoms with Crippen molar-refractivity contribution in [3.05, 3.63) is 48.0 Å². The van der Waals surface area contributed by atoms with Crippen LogP contribution in [0.2, 0.25) is 0 Å². The monoisotopic (exact) mass is 270 g/mol. The second kappa shape index (κ2) is 4.48. The first-order valence-corrected chi connectivity index (χ1v) is 6.31. The molecule has 2 heterocycles. The van der Waals surface area contributed by atoms with E-state index in [0.717, 1.165) is 0 Å². The van der Waals surface area contributed by atoms with E-state index in [1.165, 1.54) is 4.90 Å². The Kier molecular flexibility index (Phi) is 2.78. The number of fused-ring (bicyclic) bond motifs is 1. The van der Waals surface area contributed by atoms with E-state index in [1.807, 2.05) is 11.5 Å². The van der Waals surface area contributed by atoms with Crippen LogP contribution < -0.4 is 5.73 Å². The fourth-order valence-corrected chi connectivity index (χ4v) is 2.51. The van der Waals surface area contributed by atoms with Gasteiger partial charge in [0.2, 0.25) is 0 Å². The van der Waals surface area contributed by atoms with Crippen LogP contribution >= 0.6 is 0 Å². The van der Waals surface area contributed by atoms with Gasteiger partial charge in [-0.05, 0) is 19.1 Å². The van der Waals surface area contributed by atoms with Crippen LogP contribution in [0.3, 0.4) is 0 Å². The van der Waals surface area contributed by atoms with Gasteiger partial charge in [0.1, 0.15) is 0 Å². The molecule has 3 rings (SSSR count). The molecule has 6 nitrogen and oxygen atoms in total. The molecule has 0 saturated heterocycles.